The maximum absolute atomic E-state index is 13.7. The Morgan fingerprint density at radius 2 is 2.05 bits per heavy atom. The Morgan fingerprint density at radius 3 is 2.65 bits per heavy atom. The van der Waals surface area contributed by atoms with E-state index < -0.39 is 5.82 Å². The van der Waals surface area contributed by atoms with E-state index in [-0.39, 0.29) is 10.7 Å². The number of methoxy groups -OCH3 is 1. The van der Waals surface area contributed by atoms with Gasteiger partial charge in [-0.05, 0) is 30.3 Å². The molecular formula is C14H12BrFN2OS. The van der Waals surface area contributed by atoms with Gasteiger partial charge in [-0.2, -0.15) is 0 Å². The molecule has 0 radical (unpaired) electrons. The molecule has 3 nitrogen and oxygen atoms in total. The van der Waals surface area contributed by atoms with Crippen molar-refractivity contribution in [3.63, 3.8) is 0 Å². The molecule has 0 aromatic heterocycles. The van der Waals surface area contributed by atoms with E-state index in [4.69, 9.17) is 22.7 Å². The molecule has 0 spiro atoms. The van der Waals surface area contributed by atoms with Crippen LogP contribution >= 0.6 is 28.1 Å². The van der Waals surface area contributed by atoms with Crippen molar-refractivity contribution in [3.8, 4) is 5.75 Å². The molecule has 0 aliphatic heterocycles. The number of nitrogens with two attached hydrogens (primary N) is 1. The highest BCUT2D eigenvalue weighted by atomic mass is 79.9. The van der Waals surface area contributed by atoms with Gasteiger partial charge in [-0.25, -0.2) is 4.39 Å². The molecule has 0 saturated carbocycles. The van der Waals surface area contributed by atoms with E-state index in [2.05, 4.69) is 21.2 Å². The first kappa shape index (κ1) is 14.7. The van der Waals surface area contributed by atoms with Gasteiger partial charge in [0.05, 0.1) is 7.11 Å². The zero-order chi connectivity index (χ0) is 14.7. The number of anilines is 2. The summed E-state index contributed by atoms with van der Waals surface area (Å²) in [5.74, 6) is -0.243. The SMILES string of the molecule is COc1ccc(Nc2ccc(Br)cc2C(N)=S)cc1F. The van der Waals surface area contributed by atoms with Crippen LogP contribution in [0, 0.1) is 5.82 Å². The van der Waals surface area contributed by atoms with Crippen molar-refractivity contribution in [2.75, 3.05) is 12.4 Å². The third-order valence-corrected chi connectivity index (χ3v) is 3.39. The molecular weight excluding hydrogens is 343 g/mol. The van der Waals surface area contributed by atoms with Crippen LogP contribution < -0.4 is 15.8 Å². The largest absolute Gasteiger partial charge is 0.494 e. The fourth-order valence-electron chi connectivity index (χ4n) is 1.73. The zero-order valence-electron chi connectivity index (χ0n) is 10.6. The van der Waals surface area contributed by atoms with Gasteiger partial charge in [0, 0.05) is 27.5 Å². The Bertz CT molecular complexity index is 664. The highest BCUT2D eigenvalue weighted by Gasteiger charge is 2.08. The number of hydrogen-bond donors (Lipinski definition) is 2. The van der Waals surface area contributed by atoms with Crippen LogP contribution in [0.3, 0.4) is 0 Å². The maximum Gasteiger partial charge on any atom is 0.167 e. The van der Waals surface area contributed by atoms with E-state index in [0.717, 1.165) is 4.47 Å². The van der Waals surface area contributed by atoms with E-state index >= 15 is 0 Å². The first-order valence-electron chi connectivity index (χ1n) is 5.71. The predicted molar refractivity (Wildman–Crippen MR) is 86.3 cm³/mol. The van der Waals surface area contributed by atoms with Crippen molar-refractivity contribution in [2.24, 2.45) is 5.73 Å². The van der Waals surface area contributed by atoms with E-state index in [1.54, 1.807) is 12.1 Å². The molecule has 0 aliphatic carbocycles. The van der Waals surface area contributed by atoms with Gasteiger partial charge in [0.25, 0.3) is 0 Å². The van der Waals surface area contributed by atoms with Crippen LogP contribution in [0.5, 0.6) is 5.75 Å². The molecule has 104 valence electrons. The summed E-state index contributed by atoms with van der Waals surface area (Å²) in [6, 6.07) is 10.1. The molecule has 3 N–H and O–H groups in total. The molecule has 2 aromatic carbocycles. The van der Waals surface area contributed by atoms with Crippen molar-refractivity contribution in [1.29, 1.82) is 0 Å². The number of hydrogen-bond acceptors (Lipinski definition) is 3. The van der Waals surface area contributed by atoms with Crippen LogP contribution in [0.25, 0.3) is 0 Å². The second-order valence-corrected chi connectivity index (χ2v) is 5.38. The molecule has 0 aliphatic rings. The first-order chi connectivity index (χ1) is 9.51. The molecule has 0 unspecified atom stereocenters. The smallest absolute Gasteiger partial charge is 0.167 e. The van der Waals surface area contributed by atoms with Gasteiger partial charge in [-0.15, -0.1) is 0 Å². The summed E-state index contributed by atoms with van der Waals surface area (Å²) in [7, 11) is 1.42. The third-order valence-electron chi connectivity index (χ3n) is 2.68. The summed E-state index contributed by atoms with van der Waals surface area (Å²) >= 11 is 8.37. The molecule has 20 heavy (non-hydrogen) atoms. The predicted octanol–water partition coefficient (Wildman–Crippen LogP) is 3.97. The van der Waals surface area contributed by atoms with Crippen molar-refractivity contribution in [1.82, 2.24) is 0 Å². The van der Waals surface area contributed by atoms with Crippen LogP contribution in [0.4, 0.5) is 15.8 Å². The third kappa shape index (κ3) is 3.26. The minimum atomic E-state index is -0.438. The van der Waals surface area contributed by atoms with Gasteiger partial charge >= 0.3 is 0 Å². The Hall–Kier alpha value is -1.66. The summed E-state index contributed by atoms with van der Waals surface area (Å²) in [5.41, 5.74) is 7.67. The summed E-state index contributed by atoms with van der Waals surface area (Å²) < 4.78 is 19.4. The molecule has 0 heterocycles. The van der Waals surface area contributed by atoms with Crippen molar-refractivity contribution in [2.45, 2.75) is 0 Å². The van der Waals surface area contributed by atoms with E-state index in [9.17, 15) is 4.39 Å². The average Bonchev–Trinajstić information content (AvgIpc) is 2.41. The van der Waals surface area contributed by atoms with Crippen LogP contribution in [0.15, 0.2) is 40.9 Å². The summed E-state index contributed by atoms with van der Waals surface area (Å²) in [6.07, 6.45) is 0. The molecule has 0 saturated heterocycles. The number of thiocarbonyl (C=S) groups is 1. The van der Waals surface area contributed by atoms with Gasteiger partial charge in [-0.3, -0.25) is 0 Å². The first-order valence-corrected chi connectivity index (χ1v) is 6.91. The van der Waals surface area contributed by atoms with Crippen LogP contribution in [-0.2, 0) is 0 Å². The Morgan fingerprint density at radius 1 is 1.30 bits per heavy atom. The molecule has 0 amide bonds. The van der Waals surface area contributed by atoms with E-state index in [1.807, 2.05) is 18.2 Å². The molecule has 2 rings (SSSR count). The maximum atomic E-state index is 13.7. The average molecular weight is 355 g/mol. The quantitative estimate of drug-likeness (QED) is 0.815. The van der Waals surface area contributed by atoms with Crippen molar-refractivity contribution >= 4 is 44.5 Å². The number of nitrogens with one attached hydrogen (secondary N) is 1. The Balaban J connectivity index is 2.35. The molecule has 2 aromatic rings. The van der Waals surface area contributed by atoms with Crippen molar-refractivity contribution < 1.29 is 9.13 Å². The zero-order valence-corrected chi connectivity index (χ0v) is 13.0. The fraction of sp³-hybridized carbons (Fsp3) is 0.0714. The van der Waals surface area contributed by atoms with Crippen LogP contribution in [0.2, 0.25) is 0 Å². The van der Waals surface area contributed by atoms with E-state index in [0.29, 0.717) is 16.9 Å². The summed E-state index contributed by atoms with van der Waals surface area (Å²) in [4.78, 5) is 0.266. The minimum Gasteiger partial charge on any atom is -0.494 e. The van der Waals surface area contributed by atoms with Gasteiger partial charge in [0.2, 0.25) is 0 Å². The molecule has 0 fully saturated rings. The fourth-order valence-corrected chi connectivity index (χ4v) is 2.26. The summed E-state index contributed by atoms with van der Waals surface area (Å²) in [5, 5.41) is 3.09. The van der Waals surface area contributed by atoms with Crippen LogP contribution in [0.1, 0.15) is 5.56 Å². The normalized spacial score (nSPS) is 10.2. The highest BCUT2D eigenvalue weighted by Crippen LogP contribution is 2.27. The van der Waals surface area contributed by atoms with E-state index in [1.165, 1.54) is 13.2 Å². The lowest BCUT2D eigenvalue weighted by molar-refractivity contribution is 0.386. The van der Waals surface area contributed by atoms with Crippen LogP contribution in [-0.4, -0.2) is 12.1 Å². The van der Waals surface area contributed by atoms with Gasteiger partial charge < -0.3 is 15.8 Å². The monoisotopic (exact) mass is 354 g/mol. The number of ether oxygens (including phenoxy) is 1. The second kappa shape index (κ2) is 6.19. The molecule has 6 heteroatoms. The van der Waals surface area contributed by atoms with Gasteiger partial charge in [0.1, 0.15) is 4.99 Å². The second-order valence-electron chi connectivity index (χ2n) is 4.03. The van der Waals surface area contributed by atoms with Gasteiger partial charge in [0.15, 0.2) is 11.6 Å². The molecule has 0 atom stereocenters. The molecule has 0 bridgehead atoms. The Kier molecular flexibility index (Phi) is 4.57. The van der Waals surface area contributed by atoms with Crippen molar-refractivity contribution in [3.05, 3.63) is 52.3 Å². The number of halogens is 2. The minimum absolute atomic E-state index is 0.195. The lowest BCUT2D eigenvalue weighted by Crippen LogP contribution is -2.12. The number of rotatable bonds is 4. The number of benzene rings is 2. The standard InChI is InChI=1S/C14H12BrFN2OS/c1-19-13-5-3-9(7-11(13)16)18-12-4-2-8(15)6-10(12)14(17)20/h2-7,18H,1H3,(H2,17,20). The highest BCUT2D eigenvalue weighted by molar-refractivity contribution is 9.10. The Labute approximate surface area is 130 Å². The lowest BCUT2D eigenvalue weighted by Gasteiger charge is -2.12. The summed E-state index contributed by atoms with van der Waals surface area (Å²) in [6.45, 7) is 0. The van der Waals surface area contributed by atoms with Gasteiger partial charge in [-0.1, -0.05) is 28.1 Å². The lowest BCUT2D eigenvalue weighted by atomic mass is 10.1. The topological polar surface area (TPSA) is 47.3 Å².